The number of sulfonamides is 1. The van der Waals surface area contributed by atoms with E-state index < -0.39 is 10.0 Å². The predicted molar refractivity (Wildman–Crippen MR) is 81.1 cm³/mol. The molecule has 0 atom stereocenters. The lowest BCUT2D eigenvalue weighted by Crippen LogP contribution is -2.48. The predicted octanol–water partition coefficient (Wildman–Crippen LogP) is 1.16. The summed E-state index contributed by atoms with van der Waals surface area (Å²) < 4.78 is 26.7. The minimum atomic E-state index is -3.41. The molecular weight excluding hydrogens is 274 g/mol. The van der Waals surface area contributed by atoms with Crippen LogP contribution in [-0.2, 0) is 16.4 Å². The molecule has 0 spiro atoms. The van der Waals surface area contributed by atoms with Crippen molar-refractivity contribution >= 4 is 15.7 Å². The van der Waals surface area contributed by atoms with E-state index in [0.29, 0.717) is 23.7 Å². The van der Waals surface area contributed by atoms with Crippen LogP contribution in [0.5, 0.6) is 0 Å². The molecule has 1 aromatic rings. The Labute approximate surface area is 121 Å². The molecule has 0 saturated carbocycles. The van der Waals surface area contributed by atoms with Gasteiger partial charge < -0.3 is 10.6 Å². The highest BCUT2D eigenvalue weighted by atomic mass is 32.2. The molecule has 6 heteroatoms. The van der Waals surface area contributed by atoms with Crippen molar-refractivity contribution in [1.29, 1.82) is 0 Å². The average molecular weight is 297 g/mol. The van der Waals surface area contributed by atoms with Gasteiger partial charge in [-0.25, -0.2) is 8.42 Å². The van der Waals surface area contributed by atoms with E-state index in [-0.39, 0.29) is 0 Å². The molecule has 112 valence electrons. The van der Waals surface area contributed by atoms with Gasteiger partial charge in [0.2, 0.25) is 10.0 Å². The molecule has 2 N–H and O–H groups in total. The molecule has 0 aliphatic carbocycles. The number of hydrogen-bond acceptors (Lipinski definition) is 4. The van der Waals surface area contributed by atoms with Crippen LogP contribution in [0.4, 0.5) is 5.69 Å². The second-order valence-corrected chi connectivity index (χ2v) is 6.99. The van der Waals surface area contributed by atoms with E-state index in [4.69, 9.17) is 5.73 Å². The lowest BCUT2D eigenvalue weighted by Gasteiger charge is -2.33. The summed E-state index contributed by atoms with van der Waals surface area (Å²) in [5.74, 6) is 0. The Kier molecular flexibility index (Phi) is 4.67. The molecule has 0 unspecified atom stereocenters. The van der Waals surface area contributed by atoms with Crippen LogP contribution >= 0.6 is 0 Å². The van der Waals surface area contributed by atoms with Crippen molar-refractivity contribution in [1.82, 2.24) is 9.21 Å². The number of likely N-dealkylation sites (N-methyl/N-ethyl adjacent to an activating group) is 1. The van der Waals surface area contributed by atoms with Crippen molar-refractivity contribution in [3.05, 3.63) is 23.8 Å². The minimum Gasteiger partial charge on any atom is -0.398 e. The Hall–Kier alpha value is -1.11. The van der Waals surface area contributed by atoms with E-state index in [1.165, 1.54) is 0 Å². The zero-order chi connectivity index (χ0) is 14.8. The lowest BCUT2D eigenvalue weighted by molar-refractivity contribution is 0.196. The normalized spacial score (nSPS) is 18.3. The fourth-order valence-corrected chi connectivity index (χ4v) is 3.95. The summed E-state index contributed by atoms with van der Waals surface area (Å²) >= 11 is 0. The van der Waals surface area contributed by atoms with Crippen molar-refractivity contribution < 1.29 is 8.42 Å². The topological polar surface area (TPSA) is 66.6 Å². The van der Waals surface area contributed by atoms with Crippen LogP contribution in [0.2, 0.25) is 0 Å². The minimum absolute atomic E-state index is 0.303. The molecular formula is C14H23N3O2S. The number of rotatable bonds is 4. The summed E-state index contributed by atoms with van der Waals surface area (Å²) in [5.41, 5.74) is 7.45. The first kappa shape index (κ1) is 15.3. The number of benzene rings is 1. The fraction of sp³-hybridized carbons (Fsp3) is 0.571. The highest BCUT2D eigenvalue weighted by Gasteiger charge is 2.28. The molecule has 0 amide bonds. The Bertz CT molecular complexity index is 564. The molecule has 1 aromatic carbocycles. The van der Waals surface area contributed by atoms with Gasteiger partial charge in [-0.05, 0) is 30.7 Å². The standard InChI is InChI=1S/C14H23N3O2S/c1-3-12-5-6-13(11-14(12)15)20(18,19)17-9-7-16(4-2)8-10-17/h5-6,11H,3-4,7-10,15H2,1-2H3. The van der Waals surface area contributed by atoms with Crippen LogP contribution in [0.25, 0.3) is 0 Å². The number of hydrogen-bond donors (Lipinski definition) is 1. The summed E-state index contributed by atoms with van der Waals surface area (Å²) in [6.45, 7) is 7.73. The van der Waals surface area contributed by atoms with Crippen molar-refractivity contribution in [3.8, 4) is 0 Å². The van der Waals surface area contributed by atoms with Gasteiger partial charge in [-0.1, -0.05) is 19.9 Å². The molecule has 0 radical (unpaired) electrons. The average Bonchev–Trinajstić information content (AvgIpc) is 2.47. The largest absolute Gasteiger partial charge is 0.398 e. The maximum absolute atomic E-state index is 12.6. The third kappa shape index (κ3) is 2.97. The van der Waals surface area contributed by atoms with E-state index in [0.717, 1.165) is 31.6 Å². The second kappa shape index (κ2) is 6.11. The van der Waals surface area contributed by atoms with Crippen molar-refractivity contribution in [2.24, 2.45) is 0 Å². The highest BCUT2D eigenvalue weighted by Crippen LogP contribution is 2.22. The zero-order valence-corrected chi connectivity index (χ0v) is 13.0. The molecule has 20 heavy (non-hydrogen) atoms. The van der Waals surface area contributed by atoms with Crippen LogP contribution in [0, 0.1) is 0 Å². The van der Waals surface area contributed by atoms with Crippen LogP contribution in [-0.4, -0.2) is 50.3 Å². The molecule has 1 saturated heterocycles. The van der Waals surface area contributed by atoms with Gasteiger partial charge >= 0.3 is 0 Å². The van der Waals surface area contributed by atoms with Crippen molar-refractivity contribution in [2.75, 3.05) is 38.5 Å². The first-order valence-electron chi connectivity index (χ1n) is 7.10. The van der Waals surface area contributed by atoms with Gasteiger partial charge in [0, 0.05) is 31.9 Å². The van der Waals surface area contributed by atoms with Gasteiger partial charge in [0.1, 0.15) is 0 Å². The molecule has 1 heterocycles. The maximum Gasteiger partial charge on any atom is 0.243 e. The number of piperazine rings is 1. The Morgan fingerprint density at radius 2 is 1.80 bits per heavy atom. The number of nitrogens with zero attached hydrogens (tertiary/aromatic N) is 2. The summed E-state index contributed by atoms with van der Waals surface area (Å²) in [6.07, 6.45) is 0.807. The van der Waals surface area contributed by atoms with Crippen LogP contribution in [0.15, 0.2) is 23.1 Å². The Balaban J connectivity index is 2.20. The van der Waals surface area contributed by atoms with E-state index >= 15 is 0 Å². The molecule has 0 bridgehead atoms. The monoisotopic (exact) mass is 297 g/mol. The van der Waals surface area contributed by atoms with E-state index in [1.807, 2.05) is 13.0 Å². The maximum atomic E-state index is 12.6. The van der Waals surface area contributed by atoms with Crippen molar-refractivity contribution in [3.63, 3.8) is 0 Å². The molecule has 2 rings (SSSR count). The fourth-order valence-electron chi connectivity index (χ4n) is 2.49. The number of nitrogens with two attached hydrogens (primary N) is 1. The molecule has 1 fully saturated rings. The molecule has 1 aliphatic rings. The number of aryl methyl sites for hydroxylation is 1. The smallest absolute Gasteiger partial charge is 0.243 e. The van der Waals surface area contributed by atoms with Gasteiger partial charge in [-0.3, -0.25) is 0 Å². The lowest BCUT2D eigenvalue weighted by atomic mass is 10.1. The van der Waals surface area contributed by atoms with Crippen molar-refractivity contribution in [2.45, 2.75) is 25.2 Å². The highest BCUT2D eigenvalue weighted by molar-refractivity contribution is 7.89. The van der Waals surface area contributed by atoms with E-state index in [9.17, 15) is 8.42 Å². The summed E-state index contributed by atoms with van der Waals surface area (Å²) in [4.78, 5) is 2.55. The van der Waals surface area contributed by atoms with Crippen LogP contribution in [0.3, 0.4) is 0 Å². The Morgan fingerprint density at radius 3 is 2.30 bits per heavy atom. The number of anilines is 1. The first-order valence-corrected chi connectivity index (χ1v) is 8.54. The summed E-state index contributed by atoms with van der Waals surface area (Å²) in [5, 5.41) is 0. The second-order valence-electron chi connectivity index (χ2n) is 5.05. The Morgan fingerprint density at radius 1 is 1.15 bits per heavy atom. The van der Waals surface area contributed by atoms with Gasteiger partial charge in [0.25, 0.3) is 0 Å². The zero-order valence-electron chi connectivity index (χ0n) is 12.2. The summed E-state index contributed by atoms with van der Waals surface area (Å²) in [7, 11) is -3.41. The molecule has 5 nitrogen and oxygen atoms in total. The molecule has 0 aromatic heterocycles. The van der Waals surface area contributed by atoms with Gasteiger partial charge in [0.15, 0.2) is 0 Å². The quantitative estimate of drug-likeness (QED) is 0.847. The third-order valence-corrected chi connectivity index (χ3v) is 5.81. The third-order valence-electron chi connectivity index (χ3n) is 3.91. The summed E-state index contributed by atoms with van der Waals surface area (Å²) in [6, 6.07) is 5.06. The SMILES string of the molecule is CCc1ccc(S(=O)(=O)N2CCN(CC)CC2)cc1N. The van der Waals surface area contributed by atoms with E-state index in [2.05, 4.69) is 11.8 Å². The van der Waals surface area contributed by atoms with Crippen LogP contribution in [0.1, 0.15) is 19.4 Å². The van der Waals surface area contributed by atoms with E-state index in [1.54, 1.807) is 16.4 Å². The molecule has 1 aliphatic heterocycles. The van der Waals surface area contributed by atoms with Gasteiger partial charge in [-0.15, -0.1) is 0 Å². The first-order chi connectivity index (χ1) is 9.48. The van der Waals surface area contributed by atoms with Crippen LogP contribution < -0.4 is 5.73 Å². The number of nitrogen functional groups attached to an aromatic ring is 1. The van der Waals surface area contributed by atoms with Gasteiger partial charge in [0.05, 0.1) is 4.90 Å². The van der Waals surface area contributed by atoms with Gasteiger partial charge in [-0.2, -0.15) is 4.31 Å².